The Kier molecular flexibility index (Phi) is 7.51. The third kappa shape index (κ3) is 4.42. The van der Waals surface area contributed by atoms with E-state index < -0.39 is 14.1 Å². The maximum atomic E-state index is 11.3. The van der Waals surface area contributed by atoms with Crippen molar-refractivity contribution in [3.05, 3.63) is 60.7 Å². The van der Waals surface area contributed by atoms with Crippen LogP contribution in [0.4, 0.5) is 0 Å². The summed E-state index contributed by atoms with van der Waals surface area (Å²) in [5.41, 5.74) is 0. The summed E-state index contributed by atoms with van der Waals surface area (Å²) in [4.78, 5) is 11.3. The van der Waals surface area contributed by atoms with Crippen LogP contribution in [0.15, 0.2) is 60.7 Å². The lowest BCUT2D eigenvalue weighted by Crippen LogP contribution is -2.67. The third-order valence-corrected chi connectivity index (χ3v) is 14.7. The van der Waals surface area contributed by atoms with E-state index in [1.165, 1.54) is 10.4 Å². The molecule has 3 heterocycles. The zero-order chi connectivity index (χ0) is 25.4. The number of aldehydes is 1. The van der Waals surface area contributed by atoms with Gasteiger partial charge in [-0.05, 0) is 21.8 Å². The third-order valence-electron chi connectivity index (χ3n) is 8.18. The fourth-order valence-electron chi connectivity index (χ4n) is 6.53. The second-order valence-electron chi connectivity index (χ2n) is 11.2. The second-order valence-corrected chi connectivity index (χ2v) is 16.8. The lowest BCUT2D eigenvalue weighted by molar-refractivity contribution is -0.298. The number of thioether (sulfide) groups is 1. The monoisotopic (exact) mass is 526 g/mol. The van der Waals surface area contributed by atoms with Gasteiger partial charge in [0.2, 0.25) is 0 Å². The molecule has 0 aromatic heterocycles. The maximum absolute atomic E-state index is 11.3. The highest BCUT2D eigenvalue weighted by Gasteiger charge is 2.60. The first-order valence-corrected chi connectivity index (χ1v) is 16.0. The van der Waals surface area contributed by atoms with Gasteiger partial charge in [0, 0.05) is 31.6 Å². The Bertz CT molecular complexity index is 989. The van der Waals surface area contributed by atoms with Crippen molar-refractivity contribution in [1.82, 2.24) is 0 Å². The Morgan fingerprint density at radius 2 is 1.67 bits per heavy atom. The summed E-state index contributed by atoms with van der Waals surface area (Å²) in [6.07, 6.45) is 3.08. The summed E-state index contributed by atoms with van der Waals surface area (Å²) in [5.74, 6) is 0.474. The highest BCUT2D eigenvalue weighted by atomic mass is 32.2. The van der Waals surface area contributed by atoms with Crippen LogP contribution in [0.5, 0.6) is 0 Å². The minimum atomic E-state index is -2.62. The predicted octanol–water partition coefficient (Wildman–Crippen LogP) is 4.17. The van der Waals surface area contributed by atoms with Crippen molar-refractivity contribution in [3.63, 3.8) is 0 Å². The molecule has 2 aromatic carbocycles. The standard InChI is InChI=1S/C29H38O5SSi/c1-28(2,3)36(23-11-7-5-8-12-23,24-13-9-6-10-14-24)32-19-22-18-26-25(33-22)17-21-20-35-27(15-16-30)29(21,31-4)34-26/h5-14,16,21-22,25-27H,15,17-20H2,1-4H3/t21-,22-,25+,26+,27+,29+/m0/s1. The van der Waals surface area contributed by atoms with Gasteiger partial charge in [-0.25, -0.2) is 0 Å². The summed E-state index contributed by atoms with van der Waals surface area (Å²) in [6, 6.07) is 21.5. The molecule has 3 fully saturated rings. The van der Waals surface area contributed by atoms with Gasteiger partial charge < -0.3 is 23.4 Å². The van der Waals surface area contributed by atoms with Crippen LogP contribution in [0.3, 0.4) is 0 Å². The summed E-state index contributed by atoms with van der Waals surface area (Å²) in [7, 11) is -0.901. The van der Waals surface area contributed by atoms with Gasteiger partial charge in [0.1, 0.15) is 6.29 Å². The molecule has 0 aliphatic carbocycles. The van der Waals surface area contributed by atoms with E-state index in [-0.39, 0.29) is 34.5 Å². The van der Waals surface area contributed by atoms with E-state index in [2.05, 4.69) is 81.4 Å². The van der Waals surface area contributed by atoms with Crippen LogP contribution >= 0.6 is 11.8 Å². The van der Waals surface area contributed by atoms with Gasteiger partial charge in [-0.3, -0.25) is 0 Å². The van der Waals surface area contributed by atoms with Crippen molar-refractivity contribution in [2.24, 2.45) is 5.92 Å². The minimum Gasteiger partial charge on any atom is -0.405 e. The van der Waals surface area contributed by atoms with Crippen molar-refractivity contribution in [2.45, 2.75) is 74.4 Å². The van der Waals surface area contributed by atoms with Crippen LogP contribution in [0, 0.1) is 5.92 Å². The Hall–Kier alpha value is -1.48. The van der Waals surface area contributed by atoms with Crippen LogP contribution in [-0.2, 0) is 23.4 Å². The SMILES string of the molecule is CO[C@@]12O[C@@H]3C[C@@H](CO[Si](c4ccccc4)(c4ccccc4)C(C)(C)C)O[C@@H]3C[C@H]1CS[C@@H]2CC=O. The number of hydrogen-bond donors (Lipinski definition) is 0. The number of rotatable bonds is 8. The summed E-state index contributed by atoms with van der Waals surface area (Å²) in [6.45, 7) is 7.42. The fraction of sp³-hybridized carbons (Fsp3) is 0.552. The normalized spacial score (nSPS) is 32.2. The van der Waals surface area contributed by atoms with Gasteiger partial charge in [0.25, 0.3) is 8.32 Å². The molecule has 0 bridgehead atoms. The van der Waals surface area contributed by atoms with Crippen molar-refractivity contribution < 1.29 is 23.4 Å². The molecule has 5 nitrogen and oxygen atoms in total. The lowest BCUT2D eigenvalue weighted by Gasteiger charge is -2.45. The van der Waals surface area contributed by atoms with Crippen molar-refractivity contribution in [3.8, 4) is 0 Å². The first-order valence-electron chi connectivity index (χ1n) is 13.0. The average molecular weight is 527 g/mol. The first-order chi connectivity index (χ1) is 17.3. The Balaban J connectivity index is 1.38. The molecule has 7 heteroatoms. The van der Waals surface area contributed by atoms with Gasteiger partial charge >= 0.3 is 0 Å². The molecular weight excluding hydrogens is 488 g/mol. The molecule has 0 N–H and O–H groups in total. The van der Waals surface area contributed by atoms with Crippen molar-refractivity contribution in [2.75, 3.05) is 19.5 Å². The molecule has 3 aliphatic rings. The zero-order valence-corrected chi connectivity index (χ0v) is 23.5. The van der Waals surface area contributed by atoms with Gasteiger partial charge in [0.15, 0.2) is 5.79 Å². The number of benzene rings is 2. The number of ether oxygens (including phenoxy) is 3. The summed E-state index contributed by atoms with van der Waals surface area (Å²) >= 11 is 1.79. The van der Waals surface area contributed by atoms with E-state index in [1.807, 2.05) is 0 Å². The van der Waals surface area contributed by atoms with E-state index in [1.54, 1.807) is 18.9 Å². The molecule has 0 spiro atoms. The summed E-state index contributed by atoms with van der Waals surface area (Å²) in [5, 5.41) is 2.51. The lowest BCUT2D eigenvalue weighted by atomic mass is 9.85. The number of carbonyl (C=O) groups is 1. The molecule has 0 unspecified atom stereocenters. The fourth-order valence-corrected chi connectivity index (χ4v) is 12.7. The molecule has 194 valence electrons. The Morgan fingerprint density at radius 1 is 1.03 bits per heavy atom. The van der Waals surface area contributed by atoms with Crippen molar-refractivity contribution in [1.29, 1.82) is 0 Å². The van der Waals surface area contributed by atoms with Crippen LogP contribution < -0.4 is 10.4 Å². The zero-order valence-electron chi connectivity index (χ0n) is 21.7. The number of hydrogen-bond acceptors (Lipinski definition) is 6. The average Bonchev–Trinajstić information content (AvgIpc) is 3.44. The molecule has 36 heavy (non-hydrogen) atoms. The van der Waals surface area contributed by atoms with Crippen LogP contribution in [0.2, 0.25) is 5.04 Å². The molecule has 5 rings (SSSR count). The van der Waals surface area contributed by atoms with Gasteiger partial charge in [-0.15, -0.1) is 0 Å². The van der Waals surface area contributed by atoms with Crippen molar-refractivity contribution >= 4 is 36.7 Å². The van der Waals surface area contributed by atoms with Crippen LogP contribution in [-0.4, -0.2) is 63.4 Å². The Morgan fingerprint density at radius 3 is 2.22 bits per heavy atom. The quantitative estimate of drug-likeness (QED) is 0.380. The van der Waals surface area contributed by atoms with Crippen LogP contribution in [0.25, 0.3) is 0 Å². The smallest absolute Gasteiger partial charge is 0.261 e. The predicted molar refractivity (Wildman–Crippen MR) is 146 cm³/mol. The molecule has 0 amide bonds. The molecule has 0 radical (unpaired) electrons. The van der Waals surface area contributed by atoms with E-state index in [4.69, 9.17) is 18.6 Å². The highest BCUT2D eigenvalue weighted by Crippen LogP contribution is 2.53. The molecule has 0 saturated carbocycles. The van der Waals surface area contributed by atoms with E-state index in [9.17, 15) is 4.79 Å². The maximum Gasteiger partial charge on any atom is 0.261 e. The molecule has 6 atom stereocenters. The first kappa shape index (κ1) is 26.1. The highest BCUT2D eigenvalue weighted by molar-refractivity contribution is 8.00. The minimum absolute atomic E-state index is 0.0356. The number of methoxy groups -OCH3 is 1. The number of carbonyl (C=O) groups excluding carboxylic acids is 1. The van der Waals surface area contributed by atoms with Gasteiger partial charge in [0.05, 0.1) is 30.2 Å². The summed E-state index contributed by atoms with van der Waals surface area (Å²) < 4.78 is 26.4. The molecule has 2 aromatic rings. The molecule has 3 saturated heterocycles. The van der Waals surface area contributed by atoms with Gasteiger partial charge in [-0.1, -0.05) is 81.4 Å². The van der Waals surface area contributed by atoms with Gasteiger partial charge in [-0.2, -0.15) is 11.8 Å². The topological polar surface area (TPSA) is 54.0 Å². The Labute approximate surface area is 220 Å². The molecule has 3 aliphatic heterocycles. The van der Waals surface area contributed by atoms with E-state index >= 15 is 0 Å². The number of fused-ring (bicyclic) bond motifs is 2. The molecular formula is C29H38O5SSi. The van der Waals surface area contributed by atoms with E-state index in [0.29, 0.717) is 13.0 Å². The van der Waals surface area contributed by atoms with E-state index in [0.717, 1.165) is 24.9 Å². The second kappa shape index (κ2) is 10.3. The van der Waals surface area contributed by atoms with Crippen LogP contribution in [0.1, 0.15) is 40.0 Å². The largest absolute Gasteiger partial charge is 0.405 e.